The second-order valence-corrected chi connectivity index (χ2v) is 4.74. The summed E-state index contributed by atoms with van der Waals surface area (Å²) in [5, 5.41) is 6.41. The summed E-state index contributed by atoms with van der Waals surface area (Å²) in [6.07, 6.45) is 3.65. The van der Waals surface area contributed by atoms with Crippen molar-refractivity contribution in [1.82, 2.24) is 10.3 Å². The van der Waals surface area contributed by atoms with Crippen LogP contribution in [0.15, 0.2) is 12.3 Å². The summed E-state index contributed by atoms with van der Waals surface area (Å²) >= 11 is 5.94. The number of piperidine rings is 1. The molecule has 17 heavy (non-hydrogen) atoms. The second kappa shape index (κ2) is 5.47. The Morgan fingerprint density at radius 1 is 1.65 bits per heavy atom. The summed E-state index contributed by atoms with van der Waals surface area (Å²) in [4.78, 5) is 16.0. The van der Waals surface area contributed by atoms with E-state index in [1.165, 1.54) is 0 Å². The molecule has 0 radical (unpaired) electrons. The highest BCUT2D eigenvalue weighted by Gasteiger charge is 2.21. The van der Waals surface area contributed by atoms with Crippen molar-refractivity contribution in [2.45, 2.75) is 19.8 Å². The first-order valence-electron chi connectivity index (χ1n) is 5.80. The van der Waals surface area contributed by atoms with Gasteiger partial charge in [0, 0.05) is 12.7 Å². The van der Waals surface area contributed by atoms with E-state index in [9.17, 15) is 4.79 Å². The lowest BCUT2D eigenvalue weighted by Gasteiger charge is -2.22. The van der Waals surface area contributed by atoms with E-state index < -0.39 is 0 Å². The van der Waals surface area contributed by atoms with Gasteiger partial charge >= 0.3 is 0 Å². The summed E-state index contributed by atoms with van der Waals surface area (Å²) in [6, 6.07) is 1.84. The lowest BCUT2D eigenvalue weighted by atomic mass is 9.99. The van der Waals surface area contributed by atoms with Crippen molar-refractivity contribution in [1.29, 1.82) is 0 Å². The van der Waals surface area contributed by atoms with Gasteiger partial charge in [-0.05, 0) is 37.9 Å². The van der Waals surface area contributed by atoms with Crippen LogP contribution in [0, 0.1) is 12.8 Å². The average molecular weight is 254 g/mol. The van der Waals surface area contributed by atoms with E-state index in [1.54, 1.807) is 6.20 Å². The smallest absolute Gasteiger partial charge is 0.228 e. The first-order valence-corrected chi connectivity index (χ1v) is 6.18. The lowest BCUT2D eigenvalue weighted by Crippen LogP contribution is -2.37. The van der Waals surface area contributed by atoms with Gasteiger partial charge in [-0.2, -0.15) is 0 Å². The summed E-state index contributed by atoms with van der Waals surface area (Å²) in [6.45, 7) is 3.65. The van der Waals surface area contributed by atoms with Crippen LogP contribution in [0.5, 0.6) is 0 Å². The van der Waals surface area contributed by atoms with Gasteiger partial charge in [0.2, 0.25) is 5.91 Å². The maximum atomic E-state index is 12.0. The van der Waals surface area contributed by atoms with Gasteiger partial charge in [-0.15, -0.1) is 0 Å². The Kier molecular flexibility index (Phi) is 3.97. The molecular formula is C12H16ClN3O. The minimum Gasteiger partial charge on any atom is -0.323 e. The van der Waals surface area contributed by atoms with Gasteiger partial charge in [0.05, 0.1) is 11.6 Å². The molecule has 92 valence electrons. The molecule has 1 fully saturated rings. The summed E-state index contributed by atoms with van der Waals surface area (Å²) in [5.74, 6) is 0.0480. The molecule has 1 aliphatic heterocycles. The summed E-state index contributed by atoms with van der Waals surface area (Å²) < 4.78 is 0. The highest BCUT2D eigenvalue weighted by Crippen LogP contribution is 2.21. The van der Waals surface area contributed by atoms with Crippen LogP contribution in [0.1, 0.15) is 18.4 Å². The third-order valence-electron chi connectivity index (χ3n) is 2.90. The van der Waals surface area contributed by atoms with E-state index in [1.807, 2.05) is 13.0 Å². The molecule has 0 aliphatic carbocycles. The molecule has 1 atom stereocenters. The summed E-state index contributed by atoms with van der Waals surface area (Å²) in [7, 11) is 0. The average Bonchev–Trinajstić information content (AvgIpc) is 2.35. The van der Waals surface area contributed by atoms with Crippen LogP contribution in [0.25, 0.3) is 0 Å². The molecule has 5 heteroatoms. The molecule has 0 spiro atoms. The highest BCUT2D eigenvalue weighted by molar-refractivity contribution is 6.32. The number of anilines is 1. The Labute approximate surface area is 106 Å². The van der Waals surface area contributed by atoms with E-state index in [-0.39, 0.29) is 11.8 Å². The lowest BCUT2D eigenvalue weighted by molar-refractivity contribution is -0.120. The van der Waals surface area contributed by atoms with Crippen molar-refractivity contribution in [3.05, 3.63) is 23.0 Å². The number of halogens is 1. The Balaban J connectivity index is 2.04. The maximum Gasteiger partial charge on any atom is 0.228 e. The zero-order valence-electron chi connectivity index (χ0n) is 9.79. The van der Waals surface area contributed by atoms with E-state index in [2.05, 4.69) is 15.6 Å². The molecule has 1 aromatic heterocycles. The molecule has 2 heterocycles. The van der Waals surface area contributed by atoms with Crippen LogP contribution >= 0.6 is 11.6 Å². The van der Waals surface area contributed by atoms with Gasteiger partial charge in [0.25, 0.3) is 0 Å². The van der Waals surface area contributed by atoms with Gasteiger partial charge in [-0.3, -0.25) is 4.79 Å². The van der Waals surface area contributed by atoms with E-state index >= 15 is 0 Å². The third-order valence-corrected chi connectivity index (χ3v) is 3.20. The SMILES string of the molecule is Cc1cnc(Cl)c(NC(=O)[C@H]2CCCNC2)c1. The van der Waals surface area contributed by atoms with Crippen molar-refractivity contribution in [3.63, 3.8) is 0 Å². The zero-order chi connectivity index (χ0) is 12.3. The molecule has 1 saturated heterocycles. The fourth-order valence-corrected chi connectivity index (χ4v) is 2.10. The number of pyridine rings is 1. The number of carbonyl (C=O) groups excluding carboxylic acids is 1. The maximum absolute atomic E-state index is 12.0. The molecular weight excluding hydrogens is 238 g/mol. The molecule has 0 aromatic carbocycles. The Morgan fingerprint density at radius 2 is 2.47 bits per heavy atom. The Bertz CT molecular complexity index is 416. The molecule has 4 nitrogen and oxygen atoms in total. The van der Waals surface area contributed by atoms with Crippen molar-refractivity contribution in [2.75, 3.05) is 18.4 Å². The van der Waals surface area contributed by atoms with Gasteiger partial charge in [0.1, 0.15) is 0 Å². The van der Waals surface area contributed by atoms with Crippen molar-refractivity contribution < 1.29 is 4.79 Å². The van der Waals surface area contributed by atoms with E-state index in [4.69, 9.17) is 11.6 Å². The van der Waals surface area contributed by atoms with Crippen LogP contribution in [-0.4, -0.2) is 24.0 Å². The van der Waals surface area contributed by atoms with Crippen molar-refractivity contribution in [3.8, 4) is 0 Å². The van der Waals surface area contributed by atoms with E-state index in [0.717, 1.165) is 31.5 Å². The number of carbonyl (C=O) groups is 1. The first kappa shape index (κ1) is 12.3. The quantitative estimate of drug-likeness (QED) is 0.793. The van der Waals surface area contributed by atoms with Crippen molar-refractivity contribution >= 4 is 23.2 Å². The molecule has 1 aliphatic rings. The normalized spacial score (nSPS) is 20.0. The number of aryl methyl sites for hydroxylation is 1. The monoisotopic (exact) mass is 253 g/mol. The van der Waals surface area contributed by atoms with Crippen LogP contribution in [0.3, 0.4) is 0 Å². The van der Waals surface area contributed by atoms with Gasteiger partial charge in [-0.25, -0.2) is 4.98 Å². The number of amides is 1. The molecule has 0 saturated carbocycles. The predicted octanol–water partition coefficient (Wildman–Crippen LogP) is 1.98. The molecule has 1 amide bonds. The number of rotatable bonds is 2. The number of hydrogen-bond acceptors (Lipinski definition) is 3. The number of hydrogen-bond donors (Lipinski definition) is 2. The number of nitrogens with one attached hydrogen (secondary N) is 2. The van der Waals surface area contributed by atoms with Crippen LogP contribution in [0.4, 0.5) is 5.69 Å². The fourth-order valence-electron chi connectivity index (χ4n) is 1.95. The standard InChI is InChI=1S/C12H16ClN3O/c1-8-5-10(11(13)15-6-8)16-12(17)9-3-2-4-14-7-9/h5-6,9,14H,2-4,7H2,1H3,(H,16,17)/t9-/m0/s1. The Hall–Kier alpha value is -1.13. The first-order chi connectivity index (χ1) is 8.16. The Morgan fingerprint density at radius 3 is 3.18 bits per heavy atom. The van der Waals surface area contributed by atoms with Gasteiger partial charge < -0.3 is 10.6 Å². The predicted molar refractivity (Wildman–Crippen MR) is 68.2 cm³/mol. The van der Waals surface area contributed by atoms with Crippen molar-refractivity contribution in [2.24, 2.45) is 5.92 Å². The van der Waals surface area contributed by atoms with Crippen LogP contribution < -0.4 is 10.6 Å². The van der Waals surface area contributed by atoms with Gasteiger partial charge in [0.15, 0.2) is 5.15 Å². The minimum absolute atomic E-state index is 0.0199. The number of aromatic nitrogens is 1. The molecule has 0 unspecified atom stereocenters. The second-order valence-electron chi connectivity index (χ2n) is 4.38. The third kappa shape index (κ3) is 3.17. The highest BCUT2D eigenvalue weighted by atomic mass is 35.5. The molecule has 2 N–H and O–H groups in total. The zero-order valence-corrected chi connectivity index (χ0v) is 10.5. The number of nitrogens with zero attached hydrogens (tertiary/aromatic N) is 1. The fraction of sp³-hybridized carbons (Fsp3) is 0.500. The molecule has 0 bridgehead atoms. The molecule has 2 rings (SSSR count). The van der Waals surface area contributed by atoms with E-state index in [0.29, 0.717) is 10.8 Å². The largest absolute Gasteiger partial charge is 0.323 e. The van der Waals surface area contributed by atoms with Crippen LogP contribution in [0.2, 0.25) is 5.15 Å². The van der Waals surface area contributed by atoms with Gasteiger partial charge in [-0.1, -0.05) is 11.6 Å². The van der Waals surface area contributed by atoms with Crippen LogP contribution in [-0.2, 0) is 4.79 Å². The molecule has 1 aromatic rings. The minimum atomic E-state index is 0.0199. The summed E-state index contributed by atoms with van der Waals surface area (Å²) in [5.41, 5.74) is 1.58. The topological polar surface area (TPSA) is 54.0 Å².